The summed E-state index contributed by atoms with van der Waals surface area (Å²) in [7, 11) is 1.82. The SMILES string of the molecule is C=N/C(=C\c1nncn1C)Oc1ccc(Nc2ncnc3ccc(NC(=S)NC(C)(CO)CO)cc23)cc1C. The van der Waals surface area contributed by atoms with Gasteiger partial charge in [-0.1, -0.05) is 0 Å². The van der Waals surface area contributed by atoms with Gasteiger partial charge < -0.3 is 35.5 Å². The molecule has 0 atom stereocenters. The number of nitrogens with zero attached hydrogens (tertiary/aromatic N) is 6. The van der Waals surface area contributed by atoms with Crippen LogP contribution in [0.15, 0.2) is 59.9 Å². The molecule has 0 spiro atoms. The molecule has 13 heteroatoms. The van der Waals surface area contributed by atoms with Crippen molar-refractivity contribution in [2.75, 3.05) is 23.8 Å². The van der Waals surface area contributed by atoms with Crippen molar-refractivity contribution < 1.29 is 14.9 Å². The Balaban J connectivity index is 1.53. The molecule has 12 nitrogen and oxygen atoms in total. The maximum atomic E-state index is 9.51. The molecule has 0 unspecified atom stereocenters. The van der Waals surface area contributed by atoms with Crippen LogP contribution in [-0.4, -0.2) is 65.5 Å². The zero-order valence-corrected chi connectivity index (χ0v) is 22.5. The molecule has 2 aromatic heterocycles. The molecule has 2 heterocycles. The van der Waals surface area contributed by atoms with Crippen molar-refractivity contribution in [3.05, 3.63) is 66.3 Å². The minimum atomic E-state index is -0.946. The van der Waals surface area contributed by atoms with Crippen LogP contribution in [0, 0.1) is 6.92 Å². The van der Waals surface area contributed by atoms with E-state index in [-0.39, 0.29) is 18.3 Å². The van der Waals surface area contributed by atoms with Crippen molar-refractivity contribution in [2.45, 2.75) is 19.4 Å². The van der Waals surface area contributed by atoms with Gasteiger partial charge in [-0.15, -0.1) is 10.2 Å². The number of aromatic nitrogens is 5. The Hall–Kier alpha value is -4.46. The van der Waals surface area contributed by atoms with E-state index in [2.05, 4.69) is 47.8 Å². The molecule has 0 amide bonds. The second-order valence-electron chi connectivity index (χ2n) is 9.06. The molecule has 202 valence electrons. The fourth-order valence-corrected chi connectivity index (χ4v) is 3.90. The Kier molecular flexibility index (Phi) is 8.44. The standard InChI is InChI=1S/C26H29N9O3S/c1-16-9-17(6-8-21(16)38-23(27-3)11-22-34-30-15-35(22)4)31-24-19-10-18(5-7-20(19)28-14-29-24)32-25(39)33-26(2,12-36)13-37/h5-11,14-15,36-37H,3,12-13H2,1-2,4H3,(H,28,29,31)(H2,32,33,39)/b23-11+. The van der Waals surface area contributed by atoms with Crippen molar-refractivity contribution in [1.29, 1.82) is 0 Å². The number of ether oxygens (including phenoxy) is 1. The molecule has 0 saturated heterocycles. The van der Waals surface area contributed by atoms with Crippen LogP contribution >= 0.6 is 12.2 Å². The van der Waals surface area contributed by atoms with Crippen molar-refractivity contribution in [2.24, 2.45) is 12.0 Å². The molecule has 0 saturated carbocycles. The van der Waals surface area contributed by atoms with Crippen molar-refractivity contribution in [1.82, 2.24) is 30.0 Å². The number of thiocarbonyl (C=S) groups is 1. The van der Waals surface area contributed by atoms with Gasteiger partial charge in [0.2, 0.25) is 5.88 Å². The number of nitrogens with one attached hydrogen (secondary N) is 3. The van der Waals surface area contributed by atoms with E-state index in [0.717, 1.165) is 22.2 Å². The summed E-state index contributed by atoms with van der Waals surface area (Å²) in [5.74, 6) is 2.09. The third-order valence-corrected chi connectivity index (χ3v) is 6.02. The van der Waals surface area contributed by atoms with Gasteiger partial charge in [0.25, 0.3) is 0 Å². The zero-order chi connectivity index (χ0) is 28.0. The Morgan fingerprint density at radius 2 is 1.95 bits per heavy atom. The summed E-state index contributed by atoms with van der Waals surface area (Å²) in [5, 5.41) is 37.3. The van der Waals surface area contributed by atoms with Crippen LogP contribution in [0.1, 0.15) is 18.3 Å². The van der Waals surface area contributed by atoms with Crippen LogP contribution in [-0.2, 0) is 7.05 Å². The van der Waals surface area contributed by atoms with Gasteiger partial charge in [0.15, 0.2) is 10.9 Å². The average Bonchev–Trinajstić information content (AvgIpc) is 3.33. The van der Waals surface area contributed by atoms with Gasteiger partial charge in [0, 0.05) is 29.9 Å². The number of aliphatic hydroxyl groups excluding tert-OH is 2. The number of aryl methyl sites for hydroxylation is 2. The number of aliphatic hydroxyl groups is 2. The topological polar surface area (TPSA) is 155 Å². The minimum absolute atomic E-state index is 0.263. The molecule has 0 bridgehead atoms. The lowest BCUT2D eigenvalue weighted by molar-refractivity contribution is 0.120. The van der Waals surface area contributed by atoms with Gasteiger partial charge in [0.1, 0.15) is 24.2 Å². The predicted molar refractivity (Wildman–Crippen MR) is 155 cm³/mol. The number of aliphatic imine (C=N–C) groups is 1. The first-order valence-corrected chi connectivity index (χ1v) is 12.3. The normalized spacial score (nSPS) is 11.8. The third kappa shape index (κ3) is 6.71. The van der Waals surface area contributed by atoms with Gasteiger partial charge in [-0.05, 0) is 74.7 Å². The van der Waals surface area contributed by atoms with Crippen LogP contribution in [0.2, 0.25) is 0 Å². The van der Waals surface area contributed by atoms with E-state index >= 15 is 0 Å². The van der Waals surface area contributed by atoms with Gasteiger partial charge in [-0.3, -0.25) is 0 Å². The van der Waals surface area contributed by atoms with Crippen LogP contribution < -0.4 is 20.7 Å². The molecule has 39 heavy (non-hydrogen) atoms. The summed E-state index contributed by atoms with van der Waals surface area (Å²) in [6, 6.07) is 11.2. The quantitative estimate of drug-likeness (QED) is 0.113. The van der Waals surface area contributed by atoms with E-state index in [1.807, 2.05) is 50.4 Å². The summed E-state index contributed by atoms with van der Waals surface area (Å²) in [4.78, 5) is 12.7. The largest absolute Gasteiger partial charge is 0.439 e. The summed E-state index contributed by atoms with van der Waals surface area (Å²) in [6.45, 7) is 6.61. The number of fused-ring (bicyclic) bond motifs is 1. The van der Waals surface area contributed by atoms with Crippen molar-refractivity contribution in [3.8, 4) is 5.75 Å². The molecule has 0 radical (unpaired) electrons. The van der Waals surface area contributed by atoms with Gasteiger partial charge in [0.05, 0.1) is 24.3 Å². The highest BCUT2D eigenvalue weighted by atomic mass is 32.1. The molecule has 4 rings (SSSR count). The van der Waals surface area contributed by atoms with Crippen LogP contribution in [0.25, 0.3) is 17.0 Å². The van der Waals surface area contributed by atoms with E-state index in [1.54, 1.807) is 23.9 Å². The lowest BCUT2D eigenvalue weighted by Crippen LogP contribution is -2.53. The van der Waals surface area contributed by atoms with Crippen molar-refractivity contribution in [3.63, 3.8) is 0 Å². The maximum Gasteiger partial charge on any atom is 0.222 e. The molecule has 0 fully saturated rings. The highest BCUT2D eigenvalue weighted by Crippen LogP contribution is 2.29. The Labute approximate surface area is 230 Å². The molecule has 0 aliphatic heterocycles. The van der Waals surface area contributed by atoms with E-state index in [4.69, 9.17) is 17.0 Å². The van der Waals surface area contributed by atoms with E-state index in [9.17, 15) is 10.2 Å². The van der Waals surface area contributed by atoms with Crippen LogP contribution in [0.4, 0.5) is 17.2 Å². The first kappa shape index (κ1) is 27.6. The molecular weight excluding hydrogens is 518 g/mol. The smallest absolute Gasteiger partial charge is 0.222 e. The molecule has 2 aromatic carbocycles. The molecule has 5 N–H and O–H groups in total. The van der Waals surface area contributed by atoms with E-state index in [0.29, 0.717) is 29.0 Å². The fourth-order valence-electron chi connectivity index (χ4n) is 3.53. The van der Waals surface area contributed by atoms with E-state index in [1.165, 1.54) is 6.33 Å². The number of anilines is 3. The van der Waals surface area contributed by atoms with E-state index < -0.39 is 5.54 Å². The lowest BCUT2D eigenvalue weighted by Gasteiger charge is -2.28. The number of hydrogen-bond acceptors (Lipinski definition) is 10. The van der Waals surface area contributed by atoms with Gasteiger partial charge in [-0.2, -0.15) is 0 Å². The number of hydrogen-bond donors (Lipinski definition) is 5. The fraction of sp³-hybridized carbons (Fsp3) is 0.231. The zero-order valence-electron chi connectivity index (χ0n) is 21.7. The molecule has 4 aromatic rings. The van der Waals surface area contributed by atoms with Crippen LogP contribution in [0.5, 0.6) is 5.75 Å². The second kappa shape index (κ2) is 11.9. The predicted octanol–water partition coefficient (Wildman–Crippen LogP) is 2.92. The Morgan fingerprint density at radius 3 is 2.62 bits per heavy atom. The highest BCUT2D eigenvalue weighted by Gasteiger charge is 2.23. The van der Waals surface area contributed by atoms with Crippen LogP contribution in [0.3, 0.4) is 0 Å². The maximum absolute atomic E-state index is 9.51. The Bertz CT molecular complexity index is 1530. The first-order chi connectivity index (χ1) is 18.7. The summed E-state index contributed by atoms with van der Waals surface area (Å²) in [5.41, 5.74) is 2.14. The monoisotopic (exact) mass is 547 g/mol. The van der Waals surface area contributed by atoms with Crippen molar-refractivity contribution >= 4 is 58.2 Å². The third-order valence-electron chi connectivity index (χ3n) is 5.81. The summed E-state index contributed by atoms with van der Waals surface area (Å²) < 4.78 is 7.68. The number of benzene rings is 2. The summed E-state index contributed by atoms with van der Waals surface area (Å²) >= 11 is 5.35. The lowest BCUT2D eigenvalue weighted by atomic mass is 10.1. The second-order valence-corrected chi connectivity index (χ2v) is 9.47. The average molecular weight is 548 g/mol. The number of rotatable bonds is 10. The van der Waals surface area contributed by atoms with Gasteiger partial charge in [-0.25, -0.2) is 15.0 Å². The molecule has 0 aliphatic rings. The Morgan fingerprint density at radius 1 is 1.18 bits per heavy atom. The minimum Gasteiger partial charge on any atom is -0.439 e. The highest BCUT2D eigenvalue weighted by molar-refractivity contribution is 7.80. The first-order valence-electron chi connectivity index (χ1n) is 11.9. The molecule has 0 aliphatic carbocycles. The summed E-state index contributed by atoms with van der Waals surface area (Å²) in [6.07, 6.45) is 4.73. The van der Waals surface area contributed by atoms with Gasteiger partial charge >= 0.3 is 0 Å². The molecular formula is C26H29N9O3S.